The summed E-state index contributed by atoms with van der Waals surface area (Å²) in [6, 6.07) is 12.2. The molecule has 2 saturated heterocycles. The minimum atomic E-state index is -0.640. The summed E-state index contributed by atoms with van der Waals surface area (Å²) in [5.41, 5.74) is 2.90. The summed E-state index contributed by atoms with van der Waals surface area (Å²) in [5, 5.41) is 5.21. The lowest BCUT2D eigenvalue weighted by atomic mass is 10.1. The third-order valence-electron chi connectivity index (χ3n) is 7.96. The van der Waals surface area contributed by atoms with Crippen molar-refractivity contribution in [1.29, 1.82) is 0 Å². The topological polar surface area (TPSA) is 151 Å². The van der Waals surface area contributed by atoms with Gasteiger partial charge >= 0.3 is 12.2 Å². The van der Waals surface area contributed by atoms with Gasteiger partial charge in [-0.15, -0.1) is 0 Å². The first-order chi connectivity index (χ1) is 22.7. The van der Waals surface area contributed by atoms with E-state index < -0.39 is 30.0 Å². The van der Waals surface area contributed by atoms with Gasteiger partial charge in [-0.2, -0.15) is 0 Å². The summed E-state index contributed by atoms with van der Waals surface area (Å²) in [4.78, 5) is 63.0. The van der Waals surface area contributed by atoms with Gasteiger partial charge in [0.2, 0.25) is 5.91 Å². The number of hydrogen-bond donors (Lipinski definition) is 2. The number of ether oxygens (including phenoxy) is 2. The molecule has 4 heterocycles. The number of carbonyl (C=O) groups is 4. The van der Waals surface area contributed by atoms with Gasteiger partial charge in [-0.25, -0.2) is 19.0 Å². The Morgan fingerprint density at radius 3 is 2.62 bits per heavy atom. The number of carbonyl (C=O) groups excluding carboxylic acids is 4. The number of benzene rings is 2. The number of amides is 4. The zero-order valence-electron chi connectivity index (χ0n) is 25.6. The van der Waals surface area contributed by atoms with E-state index in [1.807, 2.05) is 35.2 Å². The molecule has 47 heavy (non-hydrogen) atoms. The normalized spacial score (nSPS) is 16.3. The van der Waals surface area contributed by atoms with Crippen LogP contribution in [-0.2, 0) is 20.9 Å². The third kappa shape index (κ3) is 7.24. The maximum absolute atomic E-state index is 15.5. The average Bonchev–Trinajstić information content (AvgIpc) is 3.69. The highest BCUT2D eigenvalue weighted by Crippen LogP contribution is 2.32. The second-order valence-corrected chi connectivity index (χ2v) is 11.2. The number of nitrogens with one attached hydrogen (secondary N) is 2. The molecule has 0 radical (unpaired) electrons. The van der Waals surface area contributed by atoms with Crippen molar-refractivity contribution >= 4 is 41.0 Å². The Balaban J connectivity index is 0.977. The Morgan fingerprint density at radius 1 is 1.09 bits per heavy atom. The lowest BCUT2D eigenvalue weighted by Crippen LogP contribution is -2.51. The van der Waals surface area contributed by atoms with Gasteiger partial charge in [0.15, 0.2) is 5.65 Å². The molecule has 1 atom stereocenters. The second kappa shape index (κ2) is 13.7. The zero-order chi connectivity index (χ0) is 32.9. The summed E-state index contributed by atoms with van der Waals surface area (Å²) in [6.07, 6.45) is 4.43. The predicted molar refractivity (Wildman–Crippen MR) is 167 cm³/mol. The van der Waals surface area contributed by atoms with Gasteiger partial charge in [-0.1, -0.05) is 30.3 Å². The Kier molecular flexibility index (Phi) is 9.13. The molecule has 2 aromatic carbocycles. The largest absolute Gasteiger partial charge is 0.445 e. The lowest BCUT2D eigenvalue weighted by Gasteiger charge is -2.37. The number of imidazole rings is 1. The molecule has 244 valence electrons. The van der Waals surface area contributed by atoms with Crippen molar-refractivity contribution in [3.05, 3.63) is 89.9 Å². The minimum Gasteiger partial charge on any atom is -0.445 e. The molecule has 2 aliphatic heterocycles. The van der Waals surface area contributed by atoms with Crippen LogP contribution in [0.3, 0.4) is 0 Å². The molecule has 2 aromatic heterocycles. The number of anilines is 2. The standard InChI is InChI=1S/C32H33FN8O6/c1-21-13-23(41-18-24(47-32(41)45)15-36-31(44)46-20-22-5-3-2-4-6-22)14-25(33)29(21)39-11-9-38(10-12-39)28(42)17-35-30(43)26-19-40-8-7-34-16-27(40)37-26/h2-8,13-14,16,19,24H,9-12,15,17-18,20H2,1H3,(H,35,43)(H,36,44). The van der Waals surface area contributed by atoms with E-state index in [2.05, 4.69) is 20.6 Å². The number of halogens is 1. The summed E-state index contributed by atoms with van der Waals surface area (Å²) in [7, 11) is 0. The highest BCUT2D eigenvalue weighted by atomic mass is 19.1. The second-order valence-electron chi connectivity index (χ2n) is 11.2. The van der Waals surface area contributed by atoms with Gasteiger partial charge in [0.25, 0.3) is 5.91 Å². The molecule has 6 rings (SSSR count). The number of piperazine rings is 1. The molecular formula is C32H33FN8O6. The van der Waals surface area contributed by atoms with Crippen LogP contribution in [-0.4, -0.2) is 95.2 Å². The van der Waals surface area contributed by atoms with E-state index in [0.717, 1.165) is 5.56 Å². The van der Waals surface area contributed by atoms with Crippen molar-refractivity contribution in [2.24, 2.45) is 0 Å². The summed E-state index contributed by atoms with van der Waals surface area (Å²) >= 11 is 0. The fourth-order valence-electron chi connectivity index (χ4n) is 5.57. The van der Waals surface area contributed by atoms with E-state index in [1.165, 1.54) is 17.2 Å². The van der Waals surface area contributed by atoms with Crippen LogP contribution in [0.1, 0.15) is 21.6 Å². The molecule has 14 nitrogen and oxygen atoms in total. The fraction of sp³-hybridized carbons (Fsp3) is 0.312. The molecule has 4 aromatic rings. The molecule has 1 unspecified atom stereocenters. The van der Waals surface area contributed by atoms with Crippen LogP contribution in [0.2, 0.25) is 0 Å². The van der Waals surface area contributed by atoms with Crippen molar-refractivity contribution in [3.8, 4) is 0 Å². The monoisotopic (exact) mass is 644 g/mol. The summed E-state index contributed by atoms with van der Waals surface area (Å²) in [6.45, 7) is 3.31. The smallest absolute Gasteiger partial charge is 0.414 e. The Hall–Kier alpha value is -5.73. The lowest BCUT2D eigenvalue weighted by molar-refractivity contribution is -0.130. The van der Waals surface area contributed by atoms with Crippen LogP contribution in [0.15, 0.2) is 67.3 Å². The highest BCUT2D eigenvalue weighted by molar-refractivity contribution is 5.95. The number of cyclic esters (lactones) is 1. The first kappa shape index (κ1) is 31.3. The molecule has 0 spiro atoms. The Bertz CT molecular complexity index is 1740. The number of aromatic nitrogens is 3. The molecule has 0 bridgehead atoms. The molecule has 2 fully saturated rings. The molecule has 2 N–H and O–H groups in total. The maximum atomic E-state index is 15.5. The number of alkyl carbamates (subject to hydrolysis) is 1. The van der Waals surface area contributed by atoms with Crippen LogP contribution < -0.4 is 20.4 Å². The van der Waals surface area contributed by atoms with Gasteiger partial charge in [-0.3, -0.25) is 19.5 Å². The molecule has 15 heteroatoms. The van der Waals surface area contributed by atoms with Gasteiger partial charge < -0.3 is 34.3 Å². The van der Waals surface area contributed by atoms with E-state index in [1.54, 1.807) is 40.9 Å². The van der Waals surface area contributed by atoms with Crippen LogP contribution in [0.5, 0.6) is 0 Å². The first-order valence-corrected chi connectivity index (χ1v) is 15.1. The van der Waals surface area contributed by atoms with E-state index in [0.29, 0.717) is 48.8 Å². The number of fused-ring (bicyclic) bond motifs is 1. The number of aryl methyl sites for hydroxylation is 1. The van der Waals surface area contributed by atoms with Crippen molar-refractivity contribution in [1.82, 2.24) is 29.9 Å². The zero-order valence-corrected chi connectivity index (χ0v) is 25.6. The summed E-state index contributed by atoms with van der Waals surface area (Å²) in [5.74, 6) is -1.23. The molecule has 0 saturated carbocycles. The van der Waals surface area contributed by atoms with Crippen molar-refractivity contribution in [3.63, 3.8) is 0 Å². The SMILES string of the molecule is Cc1cc(N2CC(CNC(=O)OCc3ccccc3)OC2=O)cc(F)c1N1CCN(C(=O)CNC(=O)c2cn3ccncc3n2)CC1. The van der Waals surface area contributed by atoms with E-state index in [4.69, 9.17) is 9.47 Å². The van der Waals surface area contributed by atoms with Gasteiger partial charge in [0.1, 0.15) is 24.2 Å². The number of rotatable bonds is 9. The van der Waals surface area contributed by atoms with Crippen LogP contribution >= 0.6 is 0 Å². The van der Waals surface area contributed by atoms with Crippen LogP contribution in [0.4, 0.5) is 25.4 Å². The van der Waals surface area contributed by atoms with Crippen LogP contribution in [0.25, 0.3) is 5.65 Å². The Labute approximate surface area is 269 Å². The van der Waals surface area contributed by atoms with Gasteiger partial charge in [-0.05, 0) is 30.2 Å². The van der Waals surface area contributed by atoms with Crippen molar-refractivity contribution in [2.75, 3.05) is 55.6 Å². The highest BCUT2D eigenvalue weighted by Gasteiger charge is 2.34. The fourth-order valence-corrected chi connectivity index (χ4v) is 5.57. The predicted octanol–water partition coefficient (Wildman–Crippen LogP) is 2.51. The van der Waals surface area contributed by atoms with E-state index in [9.17, 15) is 19.2 Å². The molecular weight excluding hydrogens is 611 g/mol. The van der Waals surface area contributed by atoms with Gasteiger partial charge in [0.05, 0.1) is 37.2 Å². The number of hydrogen-bond acceptors (Lipinski definition) is 9. The van der Waals surface area contributed by atoms with Crippen LogP contribution in [0, 0.1) is 12.7 Å². The Morgan fingerprint density at radius 2 is 1.87 bits per heavy atom. The molecule has 0 aliphatic carbocycles. The number of nitrogens with zero attached hydrogens (tertiary/aromatic N) is 6. The first-order valence-electron chi connectivity index (χ1n) is 15.1. The van der Waals surface area contributed by atoms with Gasteiger partial charge in [0, 0.05) is 44.8 Å². The van der Waals surface area contributed by atoms with E-state index in [-0.39, 0.29) is 37.8 Å². The maximum Gasteiger partial charge on any atom is 0.414 e. The average molecular weight is 645 g/mol. The minimum absolute atomic E-state index is 0.0420. The molecule has 4 amide bonds. The quantitative estimate of drug-likeness (QED) is 0.280. The van der Waals surface area contributed by atoms with E-state index >= 15 is 4.39 Å². The summed E-state index contributed by atoms with van der Waals surface area (Å²) < 4.78 is 27.8. The molecule has 2 aliphatic rings. The third-order valence-corrected chi connectivity index (χ3v) is 7.96. The van der Waals surface area contributed by atoms with Crippen molar-refractivity contribution < 1.29 is 33.0 Å². The van der Waals surface area contributed by atoms with Crippen molar-refractivity contribution in [2.45, 2.75) is 19.6 Å².